The third-order valence-electron chi connectivity index (χ3n) is 4.08. The Hall–Kier alpha value is -1.42. The molecule has 0 spiro atoms. The predicted octanol–water partition coefficient (Wildman–Crippen LogP) is 4.58. The van der Waals surface area contributed by atoms with Crippen molar-refractivity contribution in [3.05, 3.63) is 40.9 Å². The van der Waals surface area contributed by atoms with E-state index in [1.54, 1.807) is 11.3 Å². The quantitative estimate of drug-likeness (QED) is 0.894. The first-order valence-corrected chi connectivity index (χ1v) is 8.26. The van der Waals surface area contributed by atoms with Gasteiger partial charge in [0.25, 0.3) is 0 Å². The molecular weight excluding hydrogens is 266 g/mol. The molecule has 3 rings (SSSR count). The minimum absolute atomic E-state index is 0.365. The molecule has 0 radical (unpaired) electrons. The van der Waals surface area contributed by atoms with Gasteiger partial charge in [0, 0.05) is 0 Å². The summed E-state index contributed by atoms with van der Waals surface area (Å²) in [7, 11) is 0. The first-order valence-electron chi connectivity index (χ1n) is 7.44. The van der Waals surface area contributed by atoms with Gasteiger partial charge >= 0.3 is 0 Å². The van der Waals surface area contributed by atoms with Crippen LogP contribution in [0.2, 0.25) is 0 Å². The maximum absolute atomic E-state index is 4.23. The SMILES string of the molecule is Cc1nnc(NC(c2ccccc2)C2CCCCC2)s1. The highest BCUT2D eigenvalue weighted by atomic mass is 32.1. The molecule has 0 saturated heterocycles. The van der Waals surface area contributed by atoms with E-state index >= 15 is 0 Å². The van der Waals surface area contributed by atoms with Gasteiger partial charge in [-0.1, -0.05) is 60.9 Å². The second kappa shape index (κ2) is 6.35. The Morgan fingerprint density at radius 1 is 1.10 bits per heavy atom. The molecule has 20 heavy (non-hydrogen) atoms. The van der Waals surface area contributed by atoms with Crippen LogP contribution in [0, 0.1) is 12.8 Å². The Labute approximate surface area is 124 Å². The van der Waals surface area contributed by atoms with Crippen LogP contribution in [-0.2, 0) is 0 Å². The fourth-order valence-corrected chi connectivity index (χ4v) is 3.72. The molecule has 1 aromatic carbocycles. The molecule has 0 bridgehead atoms. The monoisotopic (exact) mass is 287 g/mol. The standard InChI is InChI=1S/C16H21N3S/c1-12-18-19-16(20-12)17-15(13-8-4-2-5-9-13)14-10-6-3-7-11-14/h2,4-5,8-9,14-15H,3,6-7,10-11H2,1H3,(H,17,19). The topological polar surface area (TPSA) is 37.8 Å². The van der Waals surface area contributed by atoms with Crippen molar-refractivity contribution in [2.45, 2.75) is 45.1 Å². The maximum Gasteiger partial charge on any atom is 0.206 e. The van der Waals surface area contributed by atoms with Gasteiger partial charge in [0.1, 0.15) is 5.01 Å². The van der Waals surface area contributed by atoms with Crippen molar-refractivity contribution in [3.63, 3.8) is 0 Å². The molecule has 1 aliphatic carbocycles. The van der Waals surface area contributed by atoms with Crippen molar-refractivity contribution in [1.82, 2.24) is 10.2 Å². The average molecular weight is 287 g/mol. The number of nitrogens with zero attached hydrogens (tertiary/aromatic N) is 2. The summed E-state index contributed by atoms with van der Waals surface area (Å²) in [6, 6.07) is 11.1. The number of benzene rings is 1. The van der Waals surface area contributed by atoms with E-state index < -0.39 is 0 Å². The number of aryl methyl sites for hydroxylation is 1. The molecule has 1 aromatic heterocycles. The average Bonchev–Trinajstić information content (AvgIpc) is 2.92. The normalized spacial score (nSPS) is 17.9. The Bertz CT molecular complexity index is 532. The number of hydrogen-bond acceptors (Lipinski definition) is 4. The van der Waals surface area contributed by atoms with E-state index in [1.165, 1.54) is 37.7 Å². The molecule has 1 aliphatic rings. The zero-order chi connectivity index (χ0) is 13.8. The van der Waals surface area contributed by atoms with Crippen LogP contribution < -0.4 is 5.32 Å². The van der Waals surface area contributed by atoms with Crippen molar-refractivity contribution in [2.24, 2.45) is 5.92 Å². The van der Waals surface area contributed by atoms with Gasteiger partial charge in [-0.05, 0) is 31.2 Å². The van der Waals surface area contributed by atoms with Crippen LogP contribution in [0.4, 0.5) is 5.13 Å². The minimum Gasteiger partial charge on any atom is -0.353 e. The summed E-state index contributed by atoms with van der Waals surface area (Å²) in [6.07, 6.45) is 6.71. The Kier molecular flexibility index (Phi) is 4.31. The van der Waals surface area contributed by atoms with E-state index in [0.29, 0.717) is 12.0 Å². The molecule has 3 nitrogen and oxygen atoms in total. The second-order valence-corrected chi connectivity index (χ2v) is 6.74. The molecule has 1 unspecified atom stereocenters. The Balaban J connectivity index is 1.82. The molecule has 1 heterocycles. The largest absolute Gasteiger partial charge is 0.353 e. The van der Waals surface area contributed by atoms with E-state index in [-0.39, 0.29) is 0 Å². The number of hydrogen-bond donors (Lipinski definition) is 1. The van der Waals surface area contributed by atoms with Crippen LogP contribution in [0.25, 0.3) is 0 Å². The van der Waals surface area contributed by atoms with E-state index in [4.69, 9.17) is 0 Å². The lowest BCUT2D eigenvalue weighted by molar-refractivity contribution is 0.321. The van der Waals surface area contributed by atoms with Crippen LogP contribution in [0.5, 0.6) is 0 Å². The first-order chi connectivity index (χ1) is 9.83. The molecule has 1 saturated carbocycles. The third kappa shape index (κ3) is 3.18. The smallest absolute Gasteiger partial charge is 0.206 e. The Morgan fingerprint density at radius 3 is 2.50 bits per heavy atom. The molecule has 1 fully saturated rings. The lowest BCUT2D eigenvalue weighted by Gasteiger charge is -2.31. The van der Waals surface area contributed by atoms with Gasteiger partial charge in [-0.25, -0.2) is 0 Å². The van der Waals surface area contributed by atoms with Crippen LogP contribution in [-0.4, -0.2) is 10.2 Å². The number of nitrogens with one attached hydrogen (secondary N) is 1. The second-order valence-electron chi connectivity index (χ2n) is 5.56. The van der Waals surface area contributed by atoms with Crippen molar-refractivity contribution in [3.8, 4) is 0 Å². The van der Waals surface area contributed by atoms with E-state index in [0.717, 1.165) is 10.1 Å². The molecule has 0 amide bonds. The van der Waals surface area contributed by atoms with Crippen molar-refractivity contribution in [2.75, 3.05) is 5.32 Å². The zero-order valence-corrected chi connectivity index (χ0v) is 12.7. The molecule has 4 heteroatoms. The lowest BCUT2D eigenvalue weighted by atomic mass is 9.81. The van der Waals surface area contributed by atoms with Gasteiger partial charge in [0.05, 0.1) is 6.04 Å². The molecular formula is C16H21N3S. The van der Waals surface area contributed by atoms with Crippen molar-refractivity contribution >= 4 is 16.5 Å². The number of anilines is 1. The minimum atomic E-state index is 0.365. The highest BCUT2D eigenvalue weighted by Crippen LogP contribution is 2.37. The molecule has 1 atom stereocenters. The zero-order valence-electron chi connectivity index (χ0n) is 11.9. The molecule has 0 aliphatic heterocycles. The third-order valence-corrected chi connectivity index (χ3v) is 4.85. The highest BCUT2D eigenvalue weighted by Gasteiger charge is 2.25. The maximum atomic E-state index is 4.23. The molecule has 2 aromatic rings. The van der Waals surface area contributed by atoms with Crippen molar-refractivity contribution < 1.29 is 0 Å². The van der Waals surface area contributed by atoms with Crippen LogP contribution in [0.1, 0.15) is 48.7 Å². The van der Waals surface area contributed by atoms with E-state index in [2.05, 4.69) is 45.8 Å². The van der Waals surface area contributed by atoms with Crippen LogP contribution in [0.15, 0.2) is 30.3 Å². The predicted molar refractivity (Wildman–Crippen MR) is 84.0 cm³/mol. The molecule has 106 valence electrons. The van der Waals surface area contributed by atoms with Crippen LogP contribution in [0.3, 0.4) is 0 Å². The van der Waals surface area contributed by atoms with Crippen LogP contribution >= 0.6 is 11.3 Å². The number of aromatic nitrogens is 2. The first kappa shape index (κ1) is 13.6. The fraction of sp³-hybridized carbons (Fsp3) is 0.500. The summed E-state index contributed by atoms with van der Waals surface area (Å²) in [4.78, 5) is 0. The summed E-state index contributed by atoms with van der Waals surface area (Å²) in [5, 5.41) is 13.9. The molecule has 1 N–H and O–H groups in total. The summed E-state index contributed by atoms with van der Waals surface area (Å²) < 4.78 is 0. The summed E-state index contributed by atoms with van der Waals surface area (Å²) >= 11 is 1.64. The Morgan fingerprint density at radius 2 is 1.85 bits per heavy atom. The van der Waals surface area contributed by atoms with Gasteiger partial charge < -0.3 is 5.32 Å². The van der Waals surface area contributed by atoms with Gasteiger partial charge in [-0.3, -0.25) is 0 Å². The van der Waals surface area contributed by atoms with E-state index in [1.807, 2.05) is 6.92 Å². The summed E-state index contributed by atoms with van der Waals surface area (Å²) in [5.74, 6) is 0.704. The van der Waals surface area contributed by atoms with Gasteiger partial charge in [0.2, 0.25) is 5.13 Å². The summed E-state index contributed by atoms with van der Waals surface area (Å²) in [6.45, 7) is 2.00. The van der Waals surface area contributed by atoms with Gasteiger partial charge in [0.15, 0.2) is 0 Å². The fourth-order valence-electron chi connectivity index (χ4n) is 3.09. The van der Waals surface area contributed by atoms with Gasteiger partial charge in [-0.15, -0.1) is 10.2 Å². The number of rotatable bonds is 4. The van der Waals surface area contributed by atoms with E-state index in [9.17, 15) is 0 Å². The van der Waals surface area contributed by atoms with Crippen molar-refractivity contribution in [1.29, 1.82) is 0 Å². The summed E-state index contributed by atoms with van der Waals surface area (Å²) in [5.41, 5.74) is 1.37. The highest BCUT2D eigenvalue weighted by molar-refractivity contribution is 7.15. The van der Waals surface area contributed by atoms with Gasteiger partial charge in [-0.2, -0.15) is 0 Å². The lowest BCUT2D eigenvalue weighted by Crippen LogP contribution is -2.23.